The Labute approximate surface area is 179 Å². The quantitative estimate of drug-likeness (QED) is 0.598. The molecule has 1 amide bonds. The summed E-state index contributed by atoms with van der Waals surface area (Å²) in [5, 5.41) is 1.92. The highest BCUT2D eigenvalue weighted by Gasteiger charge is 2.24. The van der Waals surface area contributed by atoms with Crippen LogP contribution in [0.1, 0.15) is 15.9 Å². The summed E-state index contributed by atoms with van der Waals surface area (Å²) in [7, 11) is 1.66. The molecule has 29 heavy (non-hydrogen) atoms. The minimum atomic E-state index is -0.0347. The highest BCUT2D eigenvalue weighted by atomic mass is 35.5. The first-order chi connectivity index (χ1) is 14.0. The van der Waals surface area contributed by atoms with Crippen LogP contribution in [0.2, 0.25) is 10.0 Å². The molecule has 0 unspecified atom stereocenters. The number of halogens is 2. The van der Waals surface area contributed by atoms with Gasteiger partial charge in [0.1, 0.15) is 17.1 Å². The first kappa shape index (κ1) is 19.8. The van der Waals surface area contributed by atoms with Crippen molar-refractivity contribution in [3.8, 4) is 5.75 Å². The molecule has 2 heterocycles. The Morgan fingerprint density at radius 3 is 2.48 bits per heavy atom. The molecule has 5 nitrogen and oxygen atoms in total. The lowest BCUT2D eigenvalue weighted by Crippen LogP contribution is -2.49. The number of benzene rings is 2. The molecule has 3 aromatic rings. The molecule has 0 atom stereocenters. The van der Waals surface area contributed by atoms with Crippen LogP contribution in [0.15, 0.2) is 42.5 Å². The zero-order valence-electron chi connectivity index (χ0n) is 16.3. The van der Waals surface area contributed by atoms with E-state index in [1.165, 1.54) is 0 Å². The topological polar surface area (TPSA) is 45.7 Å². The number of methoxy groups -OCH3 is 1. The van der Waals surface area contributed by atoms with Gasteiger partial charge < -0.3 is 14.5 Å². The minimum Gasteiger partial charge on any atom is -0.494 e. The van der Waals surface area contributed by atoms with E-state index in [4.69, 9.17) is 32.9 Å². The summed E-state index contributed by atoms with van der Waals surface area (Å²) < 4.78 is 5.49. The molecular formula is C22H21Cl2N3O2. The number of aryl methyl sites for hydroxylation is 1. The van der Waals surface area contributed by atoms with Crippen LogP contribution in [0.5, 0.6) is 5.75 Å². The van der Waals surface area contributed by atoms with Gasteiger partial charge >= 0.3 is 0 Å². The molecule has 0 spiro atoms. The third kappa shape index (κ3) is 3.85. The lowest BCUT2D eigenvalue weighted by molar-refractivity contribution is 0.0746. The summed E-state index contributed by atoms with van der Waals surface area (Å²) in [6.07, 6.45) is 0. The highest BCUT2D eigenvalue weighted by molar-refractivity contribution is 6.42. The van der Waals surface area contributed by atoms with Crippen molar-refractivity contribution in [3.05, 3.63) is 63.6 Å². The number of pyridine rings is 1. The molecule has 1 aromatic heterocycles. The summed E-state index contributed by atoms with van der Waals surface area (Å²) in [6, 6.07) is 13.0. The number of carbonyl (C=O) groups excluding carboxylic acids is 1. The molecule has 2 aromatic carbocycles. The van der Waals surface area contributed by atoms with Crippen LogP contribution in [0.3, 0.4) is 0 Å². The Kier molecular flexibility index (Phi) is 5.52. The average Bonchev–Trinajstić information content (AvgIpc) is 2.75. The number of hydrogen-bond acceptors (Lipinski definition) is 4. The number of amides is 1. The van der Waals surface area contributed by atoms with Gasteiger partial charge in [0.15, 0.2) is 0 Å². The highest BCUT2D eigenvalue weighted by Crippen LogP contribution is 2.30. The van der Waals surface area contributed by atoms with Crippen LogP contribution < -0.4 is 9.64 Å². The third-order valence-electron chi connectivity index (χ3n) is 5.27. The molecule has 4 rings (SSSR count). The van der Waals surface area contributed by atoms with Crippen molar-refractivity contribution < 1.29 is 9.53 Å². The Hall–Kier alpha value is -2.50. The predicted molar refractivity (Wildman–Crippen MR) is 118 cm³/mol. The summed E-state index contributed by atoms with van der Waals surface area (Å²) in [4.78, 5) is 21.7. The monoisotopic (exact) mass is 429 g/mol. The second-order valence-corrected chi connectivity index (χ2v) is 7.88. The van der Waals surface area contributed by atoms with E-state index in [-0.39, 0.29) is 5.91 Å². The van der Waals surface area contributed by atoms with Crippen LogP contribution in [-0.2, 0) is 0 Å². The lowest BCUT2D eigenvalue weighted by atomic mass is 10.1. The van der Waals surface area contributed by atoms with Gasteiger partial charge in [0.25, 0.3) is 5.91 Å². The van der Waals surface area contributed by atoms with E-state index in [1.807, 2.05) is 17.0 Å². The van der Waals surface area contributed by atoms with Gasteiger partial charge in [0.2, 0.25) is 0 Å². The van der Waals surface area contributed by atoms with E-state index in [0.717, 1.165) is 28.0 Å². The fourth-order valence-electron chi connectivity index (χ4n) is 3.65. The Morgan fingerprint density at radius 1 is 1.03 bits per heavy atom. The van der Waals surface area contributed by atoms with Crippen molar-refractivity contribution in [2.75, 3.05) is 38.2 Å². The van der Waals surface area contributed by atoms with Crippen molar-refractivity contribution in [2.45, 2.75) is 6.92 Å². The molecule has 0 bridgehead atoms. The zero-order chi connectivity index (χ0) is 20.5. The Balaban J connectivity index is 1.52. The number of hydrogen-bond donors (Lipinski definition) is 0. The number of rotatable bonds is 3. The SMILES string of the molecule is COc1cccc2c(C)cc(N3CCN(C(=O)c4ccc(Cl)c(Cl)c4)CC3)nc12. The minimum absolute atomic E-state index is 0.0347. The average molecular weight is 430 g/mol. The maximum atomic E-state index is 12.8. The number of carbonyl (C=O) groups is 1. The van der Waals surface area contributed by atoms with Crippen LogP contribution in [0.25, 0.3) is 10.9 Å². The van der Waals surface area contributed by atoms with E-state index < -0.39 is 0 Å². The van der Waals surface area contributed by atoms with Gasteiger partial charge in [0.05, 0.1) is 17.2 Å². The van der Waals surface area contributed by atoms with Crippen LogP contribution in [-0.4, -0.2) is 49.1 Å². The summed E-state index contributed by atoms with van der Waals surface area (Å²) in [5.41, 5.74) is 2.56. The molecule has 1 aliphatic rings. The van der Waals surface area contributed by atoms with Gasteiger partial charge in [-0.1, -0.05) is 35.3 Å². The molecule has 7 heteroatoms. The molecule has 1 aliphatic heterocycles. The van der Waals surface area contributed by atoms with Crippen molar-refractivity contribution in [3.63, 3.8) is 0 Å². The molecule has 1 fully saturated rings. The number of piperazine rings is 1. The molecule has 1 saturated heterocycles. The van der Waals surface area contributed by atoms with E-state index in [2.05, 4.69) is 24.0 Å². The lowest BCUT2D eigenvalue weighted by Gasteiger charge is -2.35. The van der Waals surface area contributed by atoms with Gasteiger partial charge in [0, 0.05) is 37.1 Å². The van der Waals surface area contributed by atoms with E-state index >= 15 is 0 Å². The van der Waals surface area contributed by atoms with Gasteiger partial charge in [-0.15, -0.1) is 0 Å². The van der Waals surface area contributed by atoms with Crippen molar-refractivity contribution in [2.24, 2.45) is 0 Å². The normalized spacial score (nSPS) is 14.3. The van der Waals surface area contributed by atoms with Gasteiger partial charge in [-0.05, 0) is 42.8 Å². The Morgan fingerprint density at radius 2 is 1.79 bits per heavy atom. The molecule has 150 valence electrons. The van der Waals surface area contributed by atoms with Gasteiger partial charge in [-0.25, -0.2) is 4.98 Å². The number of fused-ring (bicyclic) bond motifs is 1. The second-order valence-electron chi connectivity index (χ2n) is 7.06. The van der Waals surface area contributed by atoms with Crippen LogP contribution in [0, 0.1) is 6.92 Å². The summed E-state index contributed by atoms with van der Waals surface area (Å²) >= 11 is 12.0. The van der Waals surface area contributed by atoms with E-state index in [0.29, 0.717) is 41.8 Å². The number of anilines is 1. The first-order valence-electron chi connectivity index (χ1n) is 9.41. The smallest absolute Gasteiger partial charge is 0.254 e. The molecule has 0 N–H and O–H groups in total. The maximum Gasteiger partial charge on any atom is 0.254 e. The number of nitrogens with zero attached hydrogens (tertiary/aromatic N) is 3. The summed E-state index contributed by atoms with van der Waals surface area (Å²) in [5.74, 6) is 1.63. The standard InChI is InChI=1S/C22H21Cl2N3O2/c1-14-12-20(25-21-16(14)4-3-5-19(21)29-2)26-8-10-27(11-9-26)22(28)15-6-7-17(23)18(24)13-15/h3-7,12-13H,8-11H2,1-2H3. The first-order valence-corrected chi connectivity index (χ1v) is 10.2. The molecule has 0 saturated carbocycles. The van der Waals surface area contributed by atoms with Crippen LogP contribution in [0.4, 0.5) is 5.82 Å². The maximum absolute atomic E-state index is 12.8. The van der Waals surface area contributed by atoms with Crippen molar-refractivity contribution in [1.29, 1.82) is 0 Å². The fraction of sp³-hybridized carbons (Fsp3) is 0.273. The van der Waals surface area contributed by atoms with Crippen LogP contribution >= 0.6 is 23.2 Å². The largest absolute Gasteiger partial charge is 0.494 e. The van der Waals surface area contributed by atoms with Crippen molar-refractivity contribution >= 4 is 45.8 Å². The molecule has 0 radical (unpaired) electrons. The number of ether oxygens (including phenoxy) is 1. The second kappa shape index (κ2) is 8.09. The molecular weight excluding hydrogens is 409 g/mol. The van der Waals surface area contributed by atoms with Crippen molar-refractivity contribution in [1.82, 2.24) is 9.88 Å². The van der Waals surface area contributed by atoms with E-state index in [1.54, 1.807) is 25.3 Å². The Bertz CT molecular complexity index is 1080. The third-order valence-corrected chi connectivity index (χ3v) is 6.01. The molecule has 0 aliphatic carbocycles. The zero-order valence-corrected chi connectivity index (χ0v) is 17.8. The summed E-state index contributed by atoms with van der Waals surface area (Å²) in [6.45, 7) is 4.73. The number of aromatic nitrogens is 1. The fourth-order valence-corrected chi connectivity index (χ4v) is 3.95. The van der Waals surface area contributed by atoms with E-state index in [9.17, 15) is 4.79 Å². The predicted octanol–water partition coefficient (Wildman–Crippen LogP) is 4.82. The number of para-hydroxylation sites is 1. The van der Waals surface area contributed by atoms with Gasteiger partial charge in [-0.3, -0.25) is 4.79 Å². The van der Waals surface area contributed by atoms with Gasteiger partial charge in [-0.2, -0.15) is 0 Å².